The van der Waals surface area contributed by atoms with Crippen LogP contribution in [0.2, 0.25) is 0 Å². The molecule has 10 rings (SSSR count). The van der Waals surface area contributed by atoms with Crippen molar-refractivity contribution in [1.29, 1.82) is 0 Å². The predicted molar refractivity (Wildman–Crippen MR) is 218 cm³/mol. The highest BCUT2D eigenvalue weighted by Crippen LogP contribution is 2.43. The summed E-state index contributed by atoms with van der Waals surface area (Å²) in [5, 5.41) is 6.86. The first kappa shape index (κ1) is 29.9. The molecule has 0 N–H and O–H groups in total. The minimum atomic E-state index is 0.615. The van der Waals surface area contributed by atoms with Gasteiger partial charge in [0, 0.05) is 33.4 Å². The molecule has 52 heavy (non-hydrogen) atoms. The van der Waals surface area contributed by atoms with Crippen molar-refractivity contribution in [1.82, 2.24) is 4.98 Å². The lowest BCUT2D eigenvalue weighted by atomic mass is 9.96. The maximum Gasteiger partial charge on any atom is 0.227 e. The van der Waals surface area contributed by atoms with E-state index in [2.05, 4.69) is 181 Å². The third kappa shape index (κ3) is 5.19. The quantitative estimate of drug-likeness (QED) is 0.166. The van der Waals surface area contributed by atoms with Gasteiger partial charge in [-0.05, 0) is 104 Å². The van der Waals surface area contributed by atoms with E-state index in [1.165, 1.54) is 27.5 Å². The molecule has 0 amide bonds. The zero-order valence-corrected chi connectivity index (χ0v) is 28.3. The third-order valence-corrected chi connectivity index (χ3v) is 10.0. The average molecular weight is 665 g/mol. The lowest BCUT2D eigenvalue weighted by molar-refractivity contribution is 0.623. The van der Waals surface area contributed by atoms with Crippen LogP contribution in [0.5, 0.6) is 0 Å². The van der Waals surface area contributed by atoms with Crippen LogP contribution in [0.3, 0.4) is 0 Å². The van der Waals surface area contributed by atoms with Crippen LogP contribution in [-0.2, 0) is 0 Å². The van der Waals surface area contributed by atoms with Gasteiger partial charge in [-0.3, -0.25) is 0 Å². The number of rotatable bonds is 6. The first-order chi connectivity index (χ1) is 25.8. The fourth-order valence-electron chi connectivity index (χ4n) is 7.46. The molecule has 1 heterocycles. The molecule has 0 radical (unpaired) electrons. The van der Waals surface area contributed by atoms with Crippen molar-refractivity contribution in [2.24, 2.45) is 0 Å². The van der Waals surface area contributed by atoms with Gasteiger partial charge in [-0.25, -0.2) is 4.98 Å². The van der Waals surface area contributed by atoms with Crippen LogP contribution in [0.1, 0.15) is 0 Å². The fourth-order valence-corrected chi connectivity index (χ4v) is 7.46. The topological polar surface area (TPSA) is 29.3 Å². The van der Waals surface area contributed by atoms with Gasteiger partial charge in [-0.15, -0.1) is 0 Å². The standard InChI is InChI=1S/C49H32N2O/c1-4-12-33(13-5-1)39-24-28-44-43-29-27-42(32-45(43)47-48(46(44)31-39)52-49(50-47)36-15-6-2-7-16-36)51(40-18-8-3-9-19-40)41-25-22-35(23-26-41)38-21-20-34-14-10-11-17-37(34)30-38/h1-32H. The summed E-state index contributed by atoms with van der Waals surface area (Å²) < 4.78 is 6.69. The van der Waals surface area contributed by atoms with Crippen molar-refractivity contribution < 1.29 is 4.42 Å². The number of nitrogens with zero attached hydrogens (tertiary/aromatic N) is 2. The molecule has 0 unspecified atom stereocenters. The highest BCUT2D eigenvalue weighted by molar-refractivity contribution is 6.24. The summed E-state index contributed by atoms with van der Waals surface area (Å²) in [6.07, 6.45) is 0. The summed E-state index contributed by atoms with van der Waals surface area (Å²) in [6, 6.07) is 68.7. The molecule has 0 bridgehead atoms. The highest BCUT2D eigenvalue weighted by atomic mass is 16.3. The van der Waals surface area contributed by atoms with E-state index in [1.54, 1.807) is 0 Å². The molecule has 244 valence electrons. The first-order valence-corrected chi connectivity index (χ1v) is 17.6. The minimum absolute atomic E-state index is 0.615. The molecule has 10 aromatic rings. The molecule has 3 heteroatoms. The maximum absolute atomic E-state index is 6.69. The molecule has 9 aromatic carbocycles. The van der Waals surface area contributed by atoms with E-state index in [4.69, 9.17) is 9.40 Å². The van der Waals surface area contributed by atoms with E-state index >= 15 is 0 Å². The third-order valence-electron chi connectivity index (χ3n) is 10.0. The Bertz CT molecular complexity index is 2880. The Hall–Kier alpha value is -6.97. The molecule has 1 aromatic heterocycles. The molecule has 0 aliphatic carbocycles. The molecule has 0 spiro atoms. The molecule has 0 aliphatic heterocycles. The van der Waals surface area contributed by atoms with Gasteiger partial charge >= 0.3 is 0 Å². The molecular weight excluding hydrogens is 633 g/mol. The number of hydrogen-bond acceptors (Lipinski definition) is 3. The zero-order valence-electron chi connectivity index (χ0n) is 28.3. The van der Waals surface area contributed by atoms with Crippen LogP contribution < -0.4 is 4.90 Å². The predicted octanol–water partition coefficient (Wildman–Crippen LogP) is 13.8. The van der Waals surface area contributed by atoms with E-state index in [0.29, 0.717) is 5.89 Å². The average Bonchev–Trinajstić information content (AvgIpc) is 3.68. The van der Waals surface area contributed by atoms with Crippen molar-refractivity contribution in [3.63, 3.8) is 0 Å². The van der Waals surface area contributed by atoms with E-state index in [9.17, 15) is 0 Å². The van der Waals surface area contributed by atoms with Gasteiger partial charge in [0.1, 0.15) is 5.52 Å². The van der Waals surface area contributed by atoms with Gasteiger partial charge in [-0.2, -0.15) is 0 Å². The number of fused-ring (bicyclic) bond motifs is 7. The largest absolute Gasteiger partial charge is 0.435 e. The second-order valence-corrected chi connectivity index (χ2v) is 13.2. The van der Waals surface area contributed by atoms with Gasteiger partial charge in [-0.1, -0.05) is 133 Å². The van der Waals surface area contributed by atoms with Crippen molar-refractivity contribution in [3.05, 3.63) is 194 Å². The lowest BCUT2D eigenvalue weighted by Crippen LogP contribution is -2.09. The maximum atomic E-state index is 6.69. The van der Waals surface area contributed by atoms with Gasteiger partial charge in [0.15, 0.2) is 5.58 Å². The van der Waals surface area contributed by atoms with Crippen molar-refractivity contribution >= 4 is 60.5 Å². The summed E-state index contributed by atoms with van der Waals surface area (Å²) in [7, 11) is 0. The van der Waals surface area contributed by atoms with Crippen molar-refractivity contribution in [2.75, 3.05) is 4.90 Å². The SMILES string of the molecule is c1ccc(-c2ccc3c4ccc(N(c5ccccc5)c5ccc(-c6ccc7ccccc7c6)cc5)cc4c4nc(-c5ccccc5)oc4c3c2)cc1. The van der Waals surface area contributed by atoms with Crippen molar-refractivity contribution in [3.8, 4) is 33.7 Å². The summed E-state index contributed by atoms with van der Waals surface area (Å²) in [5.74, 6) is 0.615. The Morgan fingerprint density at radius 3 is 1.65 bits per heavy atom. The Balaban J connectivity index is 1.15. The molecular formula is C49H32N2O. The van der Waals surface area contributed by atoms with Crippen LogP contribution in [-0.4, -0.2) is 4.98 Å². The smallest absolute Gasteiger partial charge is 0.227 e. The summed E-state index contributed by atoms with van der Waals surface area (Å²) >= 11 is 0. The van der Waals surface area contributed by atoms with E-state index < -0.39 is 0 Å². The normalized spacial score (nSPS) is 11.5. The Kier molecular flexibility index (Phi) is 7.14. The van der Waals surface area contributed by atoms with E-state index in [-0.39, 0.29) is 0 Å². The summed E-state index contributed by atoms with van der Waals surface area (Å²) in [5.41, 5.74) is 10.5. The number of hydrogen-bond donors (Lipinski definition) is 0. The van der Waals surface area contributed by atoms with Gasteiger partial charge in [0.25, 0.3) is 0 Å². The lowest BCUT2D eigenvalue weighted by Gasteiger charge is -2.26. The molecule has 0 fully saturated rings. The number of anilines is 3. The number of benzene rings is 9. The van der Waals surface area contributed by atoms with Gasteiger partial charge < -0.3 is 9.32 Å². The molecule has 3 nitrogen and oxygen atoms in total. The molecule has 0 atom stereocenters. The van der Waals surface area contributed by atoms with Crippen LogP contribution in [0.4, 0.5) is 17.1 Å². The second-order valence-electron chi connectivity index (χ2n) is 13.2. The minimum Gasteiger partial charge on any atom is -0.435 e. The summed E-state index contributed by atoms with van der Waals surface area (Å²) in [6.45, 7) is 0. The van der Waals surface area contributed by atoms with Crippen LogP contribution in [0, 0.1) is 0 Å². The van der Waals surface area contributed by atoms with Crippen LogP contribution in [0.15, 0.2) is 199 Å². The number of aromatic nitrogens is 1. The van der Waals surface area contributed by atoms with Gasteiger partial charge in [0.05, 0.1) is 0 Å². The zero-order chi connectivity index (χ0) is 34.4. The van der Waals surface area contributed by atoms with Crippen LogP contribution >= 0.6 is 0 Å². The molecule has 0 saturated carbocycles. The van der Waals surface area contributed by atoms with Crippen LogP contribution in [0.25, 0.3) is 77.1 Å². The Labute approximate surface area is 301 Å². The van der Waals surface area contributed by atoms with E-state index in [1.807, 2.05) is 18.2 Å². The molecule has 0 aliphatic rings. The molecule has 0 saturated heterocycles. The number of para-hydroxylation sites is 1. The second kappa shape index (κ2) is 12.4. The monoisotopic (exact) mass is 664 g/mol. The highest BCUT2D eigenvalue weighted by Gasteiger charge is 2.20. The van der Waals surface area contributed by atoms with E-state index in [0.717, 1.165) is 60.8 Å². The first-order valence-electron chi connectivity index (χ1n) is 17.6. The fraction of sp³-hybridized carbons (Fsp3) is 0. The Morgan fingerprint density at radius 1 is 0.346 bits per heavy atom. The number of oxazole rings is 1. The van der Waals surface area contributed by atoms with Gasteiger partial charge in [0.2, 0.25) is 5.89 Å². The summed E-state index contributed by atoms with van der Waals surface area (Å²) in [4.78, 5) is 7.51. The van der Waals surface area contributed by atoms with Crippen molar-refractivity contribution in [2.45, 2.75) is 0 Å². The Morgan fingerprint density at radius 2 is 0.885 bits per heavy atom.